The van der Waals surface area contributed by atoms with E-state index in [0.717, 1.165) is 5.92 Å². The van der Waals surface area contributed by atoms with Gasteiger partial charge in [0.15, 0.2) is 0 Å². The Morgan fingerprint density at radius 2 is 2.24 bits per heavy atom. The van der Waals surface area contributed by atoms with Gasteiger partial charge in [-0.15, -0.1) is 0 Å². The average Bonchev–Trinajstić information content (AvgIpc) is 2.69. The monoisotopic (exact) mass is 228 g/mol. The Labute approximate surface area is 102 Å². The molecule has 0 amide bonds. The Hall–Kier alpha value is -1.28. The smallest absolute Gasteiger partial charge is 0.0491 e. The van der Waals surface area contributed by atoms with Crippen LogP contribution in [-0.4, -0.2) is 4.98 Å². The second-order valence-corrected chi connectivity index (χ2v) is 5.41. The van der Waals surface area contributed by atoms with Gasteiger partial charge < -0.3 is 10.7 Å². The van der Waals surface area contributed by atoms with Gasteiger partial charge in [-0.1, -0.05) is 19.1 Å². The van der Waals surface area contributed by atoms with Crippen LogP contribution in [0.1, 0.15) is 35.7 Å². The molecule has 0 bridgehead atoms. The van der Waals surface area contributed by atoms with E-state index in [1.165, 1.54) is 47.0 Å². The van der Waals surface area contributed by atoms with E-state index in [-0.39, 0.29) is 0 Å². The molecular formula is C15H20N2. The molecule has 2 heteroatoms. The van der Waals surface area contributed by atoms with Crippen LogP contribution in [0.5, 0.6) is 0 Å². The lowest BCUT2D eigenvalue weighted by Crippen LogP contribution is -2.09. The van der Waals surface area contributed by atoms with Crippen LogP contribution in [0.3, 0.4) is 0 Å². The maximum absolute atomic E-state index is 5.77. The number of H-pyrrole nitrogens is 1. The third kappa shape index (κ3) is 1.59. The first-order chi connectivity index (χ1) is 8.20. The van der Waals surface area contributed by atoms with Gasteiger partial charge in [-0.25, -0.2) is 0 Å². The van der Waals surface area contributed by atoms with E-state index in [1.54, 1.807) is 5.56 Å². The summed E-state index contributed by atoms with van der Waals surface area (Å²) in [6.45, 7) is 5.15. The van der Waals surface area contributed by atoms with Crippen molar-refractivity contribution in [2.75, 3.05) is 0 Å². The molecule has 1 aromatic carbocycles. The summed E-state index contributed by atoms with van der Waals surface area (Å²) in [6, 6.07) is 4.43. The van der Waals surface area contributed by atoms with Crippen molar-refractivity contribution in [3.63, 3.8) is 0 Å². The molecule has 1 unspecified atom stereocenters. The van der Waals surface area contributed by atoms with Crippen molar-refractivity contribution in [1.82, 2.24) is 4.98 Å². The molecule has 90 valence electrons. The highest BCUT2D eigenvalue weighted by molar-refractivity contribution is 5.88. The van der Waals surface area contributed by atoms with Gasteiger partial charge in [0.2, 0.25) is 0 Å². The number of aryl methyl sites for hydroxylation is 2. The zero-order valence-electron chi connectivity index (χ0n) is 10.6. The van der Waals surface area contributed by atoms with Crippen LogP contribution in [-0.2, 0) is 19.4 Å². The number of benzene rings is 1. The normalized spacial score (nSPS) is 19.6. The molecule has 0 aliphatic heterocycles. The summed E-state index contributed by atoms with van der Waals surface area (Å²) in [5.41, 5.74) is 12.7. The molecule has 1 atom stereocenters. The Balaban J connectivity index is 2.24. The number of nitrogens with two attached hydrogens (primary N) is 1. The lowest BCUT2D eigenvalue weighted by molar-refractivity contribution is 0.499. The van der Waals surface area contributed by atoms with Crippen LogP contribution in [0.25, 0.3) is 10.9 Å². The van der Waals surface area contributed by atoms with E-state index in [1.807, 2.05) is 0 Å². The Bertz CT molecular complexity index is 566. The third-order valence-corrected chi connectivity index (χ3v) is 4.20. The van der Waals surface area contributed by atoms with Crippen LogP contribution < -0.4 is 5.73 Å². The first-order valence-electron chi connectivity index (χ1n) is 6.52. The molecule has 0 fully saturated rings. The first kappa shape index (κ1) is 10.8. The summed E-state index contributed by atoms with van der Waals surface area (Å²) in [4.78, 5) is 3.62. The van der Waals surface area contributed by atoms with Gasteiger partial charge in [0.25, 0.3) is 0 Å². The summed E-state index contributed by atoms with van der Waals surface area (Å²) in [5.74, 6) is 0.816. The molecule has 3 rings (SSSR count). The first-order valence-corrected chi connectivity index (χ1v) is 6.52. The summed E-state index contributed by atoms with van der Waals surface area (Å²) in [5, 5.41) is 1.42. The maximum Gasteiger partial charge on any atom is 0.0491 e. The average molecular weight is 228 g/mol. The highest BCUT2D eigenvalue weighted by atomic mass is 14.7. The molecule has 0 spiro atoms. The lowest BCUT2D eigenvalue weighted by atomic mass is 9.87. The lowest BCUT2D eigenvalue weighted by Gasteiger charge is -2.18. The molecule has 0 saturated heterocycles. The summed E-state index contributed by atoms with van der Waals surface area (Å²) in [7, 11) is 0. The van der Waals surface area contributed by atoms with Crippen molar-refractivity contribution in [3.8, 4) is 0 Å². The minimum Gasteiger partial charge on any atom is -0.358 e. The minimum atomic E-state index is 0.627. The standard InChI is InChI=1S/C15H20N2/c1-9-3-6-14-13(7-9)12-5-4-11(8-16)10(2)15(12)17-14/h4-5,9,17H,3,6-8,16H2,1-2H3. The van der Waals surface area contributed by atoms with E-state index in [9.17, 15) is 0 Å². The van der Waals surface area contributed by atoms with E-state index in [2.05, 4.69) is 31.0 Å². The number of hydrogen-bond acceptors (Lipinski definition) is 1. The molecule has 17 heavy (non-hydrogen) atoms. The fourth-order valence-corrected chi connectivity index (χ4v) is 3.07. The fourth-order valence-electron chi connectivity index (χ4n) is 3.07. The van der Waals surface area contributed by atoms with Gasteiger partial charge in [-0.05, 0) is 48.8 Å². The van der Waals surface area contributed by atoms with Crippen LogP contribution in [0.2, 0.25) is 0 Å². The van der Waals surface area contributed by atoms with E-state index in [4.69, 9.17) is 5.73 Å². The molecular weight excluding hydrogens is 208 g/mol. The predicted octanol–water partition coefficient (Wildman–Crippen LogP) is 3.06. The summed E-state index contributed by atoms with van der Waals surface area (Å²) >= 11 is 0. The molecule has 1 heterocycles. The highest BCUT2D eigenvalue weighted by Crippen LogP contribution is 2.33. The minimum absolute atomic E-state index is 0.627. The van der Waals surface area contributed by atoms with Gasteiger partial charge in [0.05, 0.1) is 0 Å². The predicted molar refractivity (Wildman–Crippen MR) is 72.1 cm³/mol. The molecule has 1 aromatic heterocycles. The van der Waals surface area contributed by atoms with Gasteiger partial charge in [0, 0.05) is 23.1 Å². The number of aromatic amines is 1. The van der Waals surface area contributed by atoms with Crippen molar-refractivity contribution in [1.29, 1.82) is 0 Å². The zero-order chi connectivity index (χ0) is 12.0. The summed E-state index contributed by atoms with van der Waals surface area (Å²) in [6.07, 6.45) is 3.72. The zero-order valence-corrected chi connectivity index (χ0v) is 10.6. The number of hydrogen-bond donors (Lipinski definition) is 2. The van der Waals surface area contributed by atoms with E-state index in [0.29, 0.717) is 6.54 Å². The van der Waals surface area contributed by atoms with Crippen LogP contribution in [0.4, 0.5) is 0 Å². The quantitative estimate of drug-likeness (QED) is 0.774. The van der Waals surface area contributed by atoms with Crippen molar-refractivity contribution >= 4 is 10.9 Å². The van der Waals surface area contributed by atoms with Gasteiger partial charge in [-0.2, -0.15) is 0 Å². The van der Waals surface area contributed by atoms with Crippen molar-refractivity contribution in [3.05, 3.63) is 34.5 Å². The number of fused-ring (bicyclic) bond motifs is 3. The SMILES string of the molecule is Cc1c(CN)ccc2c3c([nH]c12)CCC(C)C3. The van der Waals surface area contributed by atoms with Crippen molar-refractivity contribution < 1.29 is 0 Å². The van der Waals surface area contributed by atoms with Gasteiger partial charge in [-0.3, -0.25) is 0 Å². The molecule has 1 aliphatic carbocycles. The van der Waals surface area contributed by atoms with E-state index < -0.39 is 0 Å². The maximum atomic E-state index is 5.77. The molecule has 2 nitrogen and oxygen atoms in total. The van der Waals surface area contributed by atoms with E-state index >= 15 is 0 Å². The molecule has 0 saturated carbocycles. The third-order valence-electron chi connectivity index (χ3n) is 4.20. The van der Waals surface area contributed by atoms with Gasteiger partial charge in [0.1, 0.15) is 0 Å². The van der Waals surface area contributed by atoms with Crippen LogP contribution in [0.15, 0.2) is 12.1 Å². The topological polar surface area (TPSA) is 41.8 Å². The molecule has 0 radical (unpaired) electrons. The Morgan fingerprint density at radius 1 is 1.41 bits per heavy atom. The van der Waals surface area contributed by atoms with Crippen LogP contribution >= 0.6 is 0 Å². The largest absolute Gasteiger partial charge is 0.358 e. The number of aromatic nitrogens is 1. The Kier molecular flexibility index (Phi) is 2.48. The van der Waals surface area contributed by atoms with Gasteiger partial charge >= 0.3 is 0 Å². The molecule has 1 aliphatic rings. The fraction of sp³-hybridized carbons (Fsp3) is 0.467. The van der Waals surface area contributed by atoms with Crippen molar-refractivity contribution in [2.45, 2.75) is 39.7 Å². The second-order valence-electron chi connectivity index (χ2n) is 5.41. The summed E-state index contributed by atoms with van der Waals surface area (Å²) < 4.78 is 0. The van der Waals surface area contributed by atoms with Crippen LogP contribution in [0, 0.1) is 12.8 Å². The number of rotatable bonds is 1. The second kappa shape index (κ2) is 3.88. The Morgan fingerprint density at radius 3 is 3.00 bits per heavy atom. The highest BCUT2D eigenvalue weighted by Gasteiger charge is 2.20. The number of nitrogens with one attached hydrogen (secondary N) is 1. The molecule has 2 aromatic rings. The van der Waals surface area contributed by atoms with Crippen molar-refractivity contribution in [2.24, 2.45) is 11.7 Å². The molecule has 3 N–H and O–H groups in total.